The van der Waals surface area contributed by atoms with Crippen LogP contribution in [0, 0.1) is 0 Å². The molecule has 0 saturated carbocycles. The van der Waals surface area contributed by atoms with E-state index in [0.717, 1.165) is 29.8 Å². The predicted molar refractivity (Wildman–Crippen MR) is 125 cm³/mol. The van der Waals surface area contributed by atoms with Crippen molar-refractivity contribution in [3.63, 3.8) is 0 Å². The van der Waals surface area contributed by atoms with E-state index >= 15 is 0 Å². The van der Waals surface area contributed by atoms with Crippen LogP contribution in [-0.2, 0) is 4.74 Å². The first kappa shape index (κ1) is 23.8. The van der Waals surface area contributed by atoms with Gasteiger partial charge in [-0.2, -0.15) is 0 Å². The van der Waals surface area contributed by atoms with Gasteiger partial charge in [0, 0.05) is 29.7 Å². The van der Waals surface area contributed by atoms with E-state index in [1.54, 1.807) is 13.2 Å². The highest BCUT2D eigenvalue weighted by atomic mass is 32.1. The second kappa shape index (κ2) is 11.7. The first-order valence-electron chi connectivity index (χ1n) is 10.6. The number of rotatable bonds is 11. The van der Waals surface area contributed by atoms with E-state index in [4.69, 9.17) is 25.7 Å². The van der Waals surface area contributed by atoms with Gasteiger partial charge in [0.05, 0.1) is 18.8 Å². The zero-order chi connectivity index (χ0) is 22.9. The van der Waals surface area contributed by atoms with Gasteiger partial charge >= 0.3 is 6.03 Å². The minimum Gasteiger partial charge on any atom is -0.493 e. The number of thiophene rings is 1. The van der Waals surface area contributed by atoms with Crippen molar-refractivity contribution in [1.29, 1.82) is 0 Å². The van der Waals surface area contributed by atoms with Gasteiger partial charge in [-0.05, 0) is 44.0 Å². The number of carbonyl (C=O) groups excluding carboxylic acids is 2. The molecule has 0 radical (unpaired) electrons. The van der Waals surface area contributed by atoms with Crippen molar-refractivity contribution in [3.8, 4) is 21.9 Å². The number of primary amides is 2. The first-order valence-corrected chi connectivity index (χ1v) is 11.4. The Morgan fingerprint density at radius 2 is 2.00 bits per heavy atom. The predicted octanol–water partition coefficient (Wildman–Crippen LogP) is 2.94. The Labute approximate surface area is 191 Å². The smallest absolute Gasteiger partial charge is 0.317 e. The molecule has 2 heterocycles. The lowest BCUT2D eigenvalue weighted by molar-refractivity contribution is 0.100. The third-order valence-electron chi connectivity index (χ3n) is 5.15. The van der Waals surface area contributed by atoms with E-state index in [9.17, 15) is 9.59 Å². The highest BCUT2D eigenvalue weighted by molar-refractivity contribution is 7.20. The molecule has 0 aliphatic carbocycles. The van der Waals surface area contributed by atoms with Crippen LogP contribution in [0.2, 0.25) is 0 Å². The summed E-state index contributed by atoms with van der Waals surface area (Å²) in [6, 6.07) is 6.83. The zero-order valence-corrected chi connectivity index (χ0v) is 19.0. The van der Waals surface area contributed by atoms with Crippen molar-refractivity contribution < 1.29 is 23.8 Å². The lowest BCUT2D eigenvalue weighted by Gasteiger charge is -2.23. The largest absolute Gasteiger partial charge is 0.493 e. The molecule has 3 amide bonds. The van der Waals surface area contributed by atoms with Gasteiger partial charge in [-0.3, -0.25) is 10.1 Å². The number of hydrogen-bond donors (Lipinski definition) is 4. The topological polar surface area (TPSA) is 138 Å². The van der Waals surface area contributed by atoms with Crippen LogP contribution >= 0.6 is 11.3 Å². The Kier molecular flexibility index (Phi) is 8.72. The highest BCUT2D eigenvalue weighted by Gasteiger charge is 2.19. The van der Waals surface area contributed by atoms with Crippen molar-refractivity contribution in [2.45, 2.75) is 31.7 Å². The SMILES string of the molecule is COCCOc1ccc(-c2cc(C(N)=O)c(NC(N)=O)s2)c(OCCC2CCCCN2)c1. The molecular weight excluding hydrogens is 432 g/mol. The molecule has 1 aliphatic heterocycles. The lowest BCUT2D eigenvalue weighted by atomic mass is 10.0. The summed E-state index contributed by atoms with van der Waals surface area (Å²) >= 11 is 1.21. The van der Waals surface area contributed by atoms with Crippen LogP contribution < -0.4 is 31.6 Å². The number of nitrogens with two attached hydrogens (primary N) is 2. The maximum Gasteiger partial charge on any atom is 0.317 e. The normalized spacial score (nSPS) is 15.8. The molecule has 1 aromatic carbocycles. The van der Waals surface area contributed by atoms with Crippen molar-refractivity contribution in [3.05, 3.63) is 29.8 Å². The number of benzene rings is 1. The number of carbonyl (C=O) groups is 2. The van der Waals surface area contributed by atoms with E-state index in [1.807, 2.05) is 18.2 Å². The van der Waals surface area contributed by atoms with Crippen molar-refractivity contribution in [2.24, 2.45) is 11.5 Å². The van der Waals surface area contributed by atoms with E-state index < -0.39 is 11.9 Å². The summed E-state index contributed by atoms with van der Waals surface area (Å²) < 4.78 is 16.9. The molecule has 1 aromatic heterocycles. The summed E-state index contributed by atoms with van der Waals surface area (Å²) in [6.07, 6.45) is 4.47. The number of nitrogens with one attached hydrogen (secondary N) is 2. The monoisotopic (exact) mass is 462 g/mol. The van der Waals surface area contributed by atoms with Gasteiger partial charge in [-0.1, -0.05) is 6.42 Å². The van der Waals surface area contributed by atoms with E-state index in [1.165, 1.54) is 24.2 Å². The molecule has 1 atom stereocenters. The van der Waals surface area contributed by atoms with Gasteiger partial charge in [0.1, 0.15) is 23.1 Å². The van der Waals surface area contributed by atoms with Crippen LogP contribution in [-0.4, -0.2) is 51.5 Å². The summed E-state index contributed by atoms with van der Waals surface area (Å²) in [7, 11) is 1.62. The highest BCUT2D eigenvalue weighted by Crippen LogP contribution is 2.41. The molecule has 0 bridgehead atoms. The number of piperidine rings is 1. The second-order valence-corrected chi connectivity index (χ2v) is 8.54. The molecule has 9 nitrogen and oxygen atoms in total. The van der Waals surface area contributed by atoms with Gasteiger partial charge in [-0.15, -0.1) is 11.3 Å². The summed E-state index contributed by atoms with van der Waals surface area (Å²) in [5.74, 6) is 0.624. The molecule has 32 heavy (non-hydrogen) atoms. The van der Waals surface area contributed by atoms with E-state index in [2.05, 4.69) is 10.6 Å². The number of amides is 3. The third-order valence-corrected chi connectivity index (χ3v) is 6.23. The van der Waals surface area contributed by atoms with Crippen LogP contribution in [0.25, 0.3) is 10.4 Å². The fraction of sp³-hybridized carbons (Fsp3) is 0.455. The Hall–Kier alpha value is -2.82. The molecule has 10 heteroatoms. The van der Waals surface area contributed by atoms with Crippen LogP contribution in [0.15, 0.2) is 24.3 Å². The Balaban J connectivity index is 1.84. The maximum atomic E-state index is 11.8. The summed E-state index contributed by atoms with van der Waals surface area (Å²) in [5, 5.41) is 6.29. The minimum atomic E-state index is -0.765. The second-order valence-electron chi connectivity index (χ2n) is 7.49. The van der Waals surface area contributed by atoms with Crippen LogP contribution in [0.4, 0.5) is 9.80 Å². The Morgan fingerprint density at radius 3 is 2.69 bits per heavy atom. The van der Waals surface area contributed by atoms with Gasteiger partial charge in [0.2, 0.25) is 0 Å². The number of ether oxygens (including phenoxy) is 3. The average Bonchev–Trinajstić information content (AvgIpc) is 3.18. The quantitative estimate of drug-likeness (QED) is 0.379. The van der Waals surface area contributed by atoms with Crippen molar-refractivity contribution in [2.75, 3.05) is 38.8 Å². The molecule has 1 aliphatic rings. The standard InChI is InChI=1S/C22H30N4O5S/c1-29-10-11-30-15-5-6-16(18(12-15)31-9-7-14-4-2-3-8-25-14)19-13-17(20(23)27)21(32-19)26-22(24)28/h5-6,12-14,25H,2-4,7-11H2,1H3,(H2,23,27)(H3,24,26,28). The minimum absolute atomic E-state index is 0.196. The fourth-order valence-corrected chi connectivity index (χ4v) is 4.65. The fourth-order valence-electron chi connectivity index (χ4n) is 3.55. The zero-order valence-electron chi connectivity index (χ0n) is 18.1. The molecule has 174 valence electrons. The number of anilines is 1. The van der Waals surface area contributed by atoms with Crippen LogP contribution in [0.1, 0.15) is 36.0 Å². The summed E-state index contributed by atoms with van der Waals surface area (Å²) in [4.78, 5) is 23.9. The van der Waals surface area contributed by atoms with Gasteiger partial charge in [0.15, 0.2) is 0 Å². The maximum absolute atomic E-state index is 11.8. The molecule has 3 rings (SSSR count). The first-order chi connectivity index (χ1) is 15.5. The van der Waals surface area contributed by atoms with Gasteiger partial charge in [0.25, 0.3) is 5.91 Å². The molecular formula is C22H30N4O5S. The van der Waals surface area contributed by atoms with E-state index in [0.29, 0.717) is 42.4 Å². The number of methoxy groups -OCH3 is 1. The van der Waals surface area contributed by atoms with Crippen molar-refractivity contribution in [1.82, 2.24) is 5.32 Å². The summed E-state index contributed by atoms with van der Waals surface area (Å²) in [5.41, 5.74) is 11.7. The van der Waals surface area contributed by atoms with Crippen molar-refractivity contribution >= 4 is 28.3 Å². The summed E-state index contributed by atoms with van der Waals surface area (Å²) in [6.45, 7) is 2.46. The lowest BCUT2D eigenvalue weighted by Crippen LogP contribution is -2.35. The van der Waals surface area contributed by atoms with E-state index in [-0.39, 0.29) is 5.56 Å². The Bertz CT molecular complexity index is 927. The molecule has 1 unspecified atom stereocenters. The third kappa shape index (κ3) is 6.59. The Morgan fingerprint density at radius 1 is 1.16 bits per heavy atom. The molecule has 1 fully saturated rings. The number of urea groups is 1. The van der Waals surface area contributed by atoms with Gasteiger partial charge in [-0.25, -0.2) is 4.79 Å². The molecule has 2 aromatic rings. The average molecular weight is 463 g/mol. The number of hydrogen-bond acceptors (Lipinski definition) is 7. The molecule has 1 saturated heterocycles. The van der Waals surface area contributed by atoms with Crippen LogP contribution in [0.5, 0.6) is 11.5 Å². The van der Waals surface area contributed by atoms with Crippen LogP contribution in [0.3, 0.4) is 0 Å². The van der Waals surface area contributed by atoms with Gasteiger partial charge < -0.3 is 31.0 Å². The molecule has 0 spiro atoms. The molecule has 6 N–H and O–H groups in total.